The van der Waals surface area contributed by atoms with Crippen LogP contribution in [0.5, 0.6) is 0 Å². The molecule has 1 saturated heterocycles. The average molecular weight is 392 g/mol. The highest BCUT2D eigenvalue weighted by Crippen LogP contribution is 2.27. The summed E-state index contributed by atoms with van der Waals surface area (Å²) in [6, 6.07) is 7.45. The number of aromatic nitrogens is 1. The third kappa shape index (κ3) is 4.43. The second-order valence-corrected chi connectivity index (χ2v) is 8.08. The Morgan fingerprint density at radius 3 is 2.50 bits per heavy atom. The first kappa shape index (κ1) is 18.9. The second-order valence-electron chi connectivity index (χ2n) is 6.79. The zero-order valence-electron chi connectivity index (χ0n) is 14.9. The van der Waals surface area contributed by atoms with Crippen LogP contribution in [-0.4, -0.2) is 34.8 Å². The van der Waals surface area contributed by atoms with Crippen LogP contribution in [0.2, 0.25) is 5.02 Å². The maximum Gasteiger partial charge on any atom is 0.229 e. The summed E-state index contributed by atoms with van der Waals surface area (Å²) in [5.41, 5.74) is 1.78. The molecule has 0 spiro atoms. The molecule has 0 atom stereocenters. The molecule has 1 N–H and O–H groups in total. The highest BCUT2D eigenvalue weighted by Gasteiger charge is 2.28. The minimum Gasteiger partial charge on any atom is -0.342 e. The van der Waals surface area contributed by atoms with E-state index >= 15 is 0 Å². The molecule has 1 fully saturated rings. The van der Waals surface area contributed by atoms with Crippen molar-refractivity contribution in [2.75, 3.05) is 18.4 Å². The Hall–Kier alpha value is -1.92. The van der Waals surface area contributed by atoms with Crippen LogP contribution in [0.15, 0.2) is 29.6 Å². The Balaban J connectivity index is 1.56. The molecule has 138 valence electrons. The highest BCUT2D eigenvalue weighted by atomic mass is 35.5. The maximum atomic E-state index is 12.5. The number of benzene rings is 1. The van der Waals surface area contributed by atoms with Gasteiger partial charge in [-0.1, -0.05) is 37.6 Å². The van der Waals surface area contributed by atoms with Crippen molar-refractivity contribution in [2.45, 2.75) is 26.7 Å². The molecule has 2 aromatic rings. The number of carbonyl (C=O) groups is 2. The van der Waals surface area contributed by atoms with E-state index in [0.29, 0.717) is 36.1 Å². The Morgan fingerprint density at radius 1 is 1.23 bits per heavy atom. The number of hydrogen-bond acceptors (Lipinski definition) is 4. The molecule has 0 saturated carbocycles. The van der Waals surface area contributed by atoms with Gasteiger partial charge in [-0.05, 0) is 25.0 Å². The van der Waals surface area contributed by atoms with Crippen LogP contribution in [0.1, 0.15) is 26.7 Å². The van der Waals surface area contributed by atoms with E-state index in [4.69, 9.17) is 11.6 Å². The number of amides is 2. The van der Waals surface area contributed by atoms with Crippen molar-refractivity contribution in [3.8, 4) is 11.3 Å². The molecule has 1 aliphatic heterocycles. The van der Waals surface area contributed by atoms with Gasteiger partial charge >= 0.3 is 0 Å². The SMILES string of the molecule is CC(C)C(=O)N1CCC(C(=O)Nc2nc(-c3ccc(Cl)cc3)cs2)CC1. The average Bonchev–Trinajstić information content (AvgIpc) is 3.10. The van der Waals surface area contributed by atoms with E-state index in [-0.39, 0.29) is 23.7 Å². The number of anilines is 1. The fourth-order valence-corrected chi connectivity index (χ4v) is 3.87. The first-order chi connectivity index (χ1) is 12.4. The van der Waals surface area contributed by atoms with E-state index in [1.54, 1.807) is 0 Å². The molecule has 26 heavy (non-hydrogen) atoms. The lowest BCUT2D eigenvalue weighted by atomic mass is 9.95. The molecule has 0 unspecified atom stereocenters. The number of piperidine rings is 1. The fourth-order valence-electron chi connectivity index (χ4n) is 3.02. The lowest BCUT2D eigenvalue weighted by Gasteiger charge is -2.32. The number of hydrogen-bond donors (Lipinski definition) is 1. The molecule has 7 heteroatoms. The van der Waals surface area contributed by atoms with E-state index < -0.39 is 0 Å². The van der Waals surface area contributed by atoms with Crippen molar-refractivity contribution >= 4 is 39.9 Å². The molecule has 0 aliphatic carbocycles. The fraction of sp³-hybridized carbons (Fsp3) is 0.421. The van der Waals surface area contributed by atoms with Crippen molar-refractivity contribution in [1.82, 2.24) is 9.88 Å². The molecule has 5 nitrogen and oxygen atoms in total. The molecular formula is C19H22ClN3O2S. The quantitative estimate of drug-likeness (QED) is 0.845. The molecule has 2 heterocycles. The molecule has 1 aromatic carbocycles. The van der Waals surface area contributed by atoms with E-state index in [1.807, 2.05) is 48.4 Å². The number of carbonyl (C=O) groups excluding carboxylic acids is 2. The lowest BCUT2D eigenvalue weighted by molar-refractivity contribution is -0.137. The third-order valence-electron chi connectivity index (χ3n) is 4.55. The summed E-state index contributed by atoms with van der Waals surface area (Å²) in [5.74, 6) is 0.0751. The summed E-state index contributed by atoms with van der Waals surface area (Å²) in [5, 5.41) is 6.12. The van der Waals surface area contributed by atoms with Crippen LogP contribution in [0.4, 0.5) is 5.13 Å². The van der Waals surface area contributed by atoms with Gasteiger partial charge in [0, 0.05) is 40.9 Å². The molecule has 0 radical (unpaired) electrons. The number of nitrogens with zero attached hydrogens (tertiary/aromatic N) is 2. The van der Waals surface area contributed by atoms with Gasteiger partial charge in [0.05, 0.1) is 5.69 Å². The molecular weight excluding hydrogens is 370 g/mol. The monoisotopic (exact) mass is 391 g/mol. The van der Waals surface area contributed by atoms with Gasteiger partial charge < -0.3 is 10.2 Å². The number of halogens is 1. The number of thiazole rings is 1. The molecule has 2 amide bonds. The topological polar surface area (TPSA) is 62.3 Å². The van der Waals surface area contributed by atoms with E-state index in [2.05, 4.69) is 10.3 Å². The predicted octanol–water partition coefficient (Wildman–Crippen LogP) is 4.30. The first-order valence-electron chi connectivity index (χ1n) is 8.75. The van der Waals surface area contributed by atoms with Crippen LogP contribution < -0.4 is 5.32 Å². The molecule has 1 aromatic heterocycles. The number of nitrogens with one attached hydrogen (secondary N) is 1. The van der Waals surface area contributed by atoms with Gasteiger partial charge in [0.2, 0.25) is 11.8 Å². The van der Waals surface area contributed by atoms with Crippen molar-refractivity contribution in [3.63, 3.8) is 0 Å². The van der Waals surface area contributed by atoms with Crippen molar-refractivity contribution in [2.24, 2.45) is 11.8 Å². The smallest absolute Gasteiger partial charge is 0.229 e. The predicted molar refractivity (Wildman–Crippen MR) is 105 cm³/mol. The minimum atomic E-state index is -0.0749. The van der Waals surface area contributed by atoms with E-state index in [0.717, 1.165) is 11.3 Å². The highest BCUT2D eigenvalue weighted by molar-refractivity contribution is 7.14. The van der Waals surface area contributed by atoms with Gasteiger partial charge in [-0.3, -0.25) is 9.59 Å². The van der Waals surface area contributed by atoms with Crippen molar-refractivity contribution in [1.29, 1.82) is 0 Å². The standard InChI is InChI=1S/C19H22ClN3O2S/c1-12(2)18(25)23-9-7-14(8-10-23)17(24)22-19-21-16(11-26-19)13-3-5-15(20)6-4-13/h3-6,11-12,14H,7-10H2,1-2H3,(H,21,22,24). The van der Waals surface area contributed by atoms with E-state index in [9.17, 15) is 9.59 Å². The van der Waals surface area contributed by atoms with Gasteiger partial charge in [-0.25, -0.2) is 4.98 Å². The van der Waals surface area contributed by atoms with Crippen LogP contribution in [-0.2, 0) is 9.59 Å². The van der Waals surface area contributed by atoms with Crippen LogP contribution >= 0.6 is 22.9 Å². The maximum absolute atomic E-state index is 12.5. The largest absolute Gasteiger partial charge is 0.342 e. The first-order valence-corrected chi connectivity index (χ1v) is 10.0. The summed E-state index contributed by atoms with van der Waals surface area (Å²) >= 11 is 7.32. The Morgan fingerprint density at radius 2 is 1.88 bits per heavy atom. The lowest BCUT2D eigenvalue weighted by Crippen LogP contribution is -2.43. The van der Waals surface area contributed by atoms with Gasteiger partial charge in [0.15, 0.2) is 5.13 Å². The van der Waals surface area contributed by atoms with E-state index in [1.165, 1.54) is 11.3 Å². The molecule has 1 aliphatic rings. The normalized spacial score (nSPS) is 15.3. The van der Waals surface area contributed by atoms with Crippen LogP contribution in [0.3, 0.4) is 0 Å². The number of rotatable bonds is 4. The second kappa shape index (κ2) is 8.18. The number of likely N-dealkylation sites (tertiary alicyclic amines) is 1. The van der Waals surface area contributed by atoms with Gasteiger partial charge in [0.1, 0.15) is 0 Å². The van der Waals surface area contributed by atoms with Crippen LogP contribution in [0.25, 0.3) is 11.3 Å². The van der Waals surface area contributed by atoms with Gasteiger partial charge in [-0.2, -0.15) is 0 Å². The third-order valence-corrected chi connectivity index (χ3v) is 5.56. The van der Waals surface area contributed by atoms with Crippen molar-refractivity contribution < 1.29 is 9.59 Å². The zero-order valence-corrected chi connectivity index (χ0v) is 16.4. The Kier molecular flexibility index (Phi) is 5.94. The molecule has 0 bridgehead atoms. The summed E-state index contributed by atoms with van der Waals surface area (Å²) in [6.07, 6.45) is 1.39. The Labute approximate surface area is 162 Å². The molecule has 3 rings (SSSR count). The van der Waals surface area contributed by atoms with Gasteiger partial charge in [0.25, 0.3) is 0 Å². The van der Waals surface area contributed by atoms with Crippen LogP contribution in [0, 0.1) is 11.8 Å². The minimum absolute atomic E-state index is 0.00184. The summed E-state index contributed by atoms with van der Waals surface area (Å²) < 4.78 is 0. The summed E-state index contributed by atoms with van der Waals surface area (Å²) in [7, 11) is 0. The summed E-state index contributed by atoms with van der Waals surface area (Å²) in [6.45, 7) is 5.09. The van der Waals surface area contributed by atoms with Gasteiger partial charge in [-0.15, -0.1) is 11.3 Å². The zero-order chi connectivity index (χ0) is 18.7. The van der Waals surface area contributed by atoms with Crippen molar-refractivity contribution in [3.05, 3.63) is 34.7 Å². The Bertz CT molecular complexity index is 780. The summed E-state index contributed by atoms with van der Waals surface area (Å²) in [4.78, 5) is 30.9.